The van der Waals surface area contributed by atoms with Gasteiger partial charge in [-0.15, -0.1) is 0 Å². The number of carbonyl (C=O) groups excluding carboxylic acids is 1. The first-order chi connectivity index (χ1) is 9.79. The van der Waals surface area contributed by atoms with Crippen LogP contribution in [-0.2, 0) is 19.2 Å². The summed E-state index contributed by atoms with van der Waals surface area (Å²) in [6.45, 7) is 5.14. The number of rotatable bonds is 3. The Kier molecular flexibility index (Phi) is 4.09. The standard InChI is InChI=1S/C15H15NO4S/c1-10-4-6-14(7-5-10)21(18,19)20-16-13-8-11(2)15(17)12(3)9-13/h4-9H,1-3H3. The molecule has 1 aromatic carbocycles. The van der Waals surface area contributed by atoms with E-state index in [0.717, 1.165) is 5.56 Å². The normalized spacial score (nSPS) is 15.4. The molecule has 0 N–H and O–H groups in total. The minimum atomic E-state index is -3.96. The second kappa shape index (κ2) is 5.65. The maximum atomic E-state index is 12.0. The number of hydrogen-bond acceptors (Lipinski definition) is 5. The third kappa shape index (κ3) is 3.46. The van der Waals surface area contributed by atoms with Gasteiger partial charge in [0.15, 0.2) is 5.78 Å². The monoisotopic (exact) mass is 305 g/mol. The number of oxime groups is 1. The van der Waals surface area contributed by atoms with Crippen molar-refractivity contribution in [1.82, 2.24) is 0 Å². The van der Waals surface area contributed by atoms with Crippen LogP contribution in [0.4, 0.5) is 0 Å². The topological polar surface area (TPSA) is 72.8 Å². The Balaban J connectivity index is 2.24. The first-order valence-corrected chi connectivity index (χ1v) is 7.70. The van der Waals surface area contributed by atoms with Crippen LogP contribution in [0.15, 0.2) is 57.6 Å². The first kappa shape index (κ1) is 15.2. The predicted octanol–water partition coefficient (Wildman–Crippen LogP) is 2.53. The maximum absolute atomic E-state index is 12.0. The van der Waals surface area contributed by atoms with Gasteiger partial charge in [0.2, 0.25) is 0 Å². The van der Waals surface area contributed by atoms with Crippen molar-refractivity contribution in [2.24, 2.45) is 5.16 Å². The highest BCUT2D eigenvalue weighted by molar-refractivity contribution is 7.86. The number of ketones is 1. The number of aryl methyl sites for hydroxylation is 1. The van der Waals surface area contributed by atoms with Gasteiger partial charge >= 0.3 is 10.1 Å². The quantitative estimate of drug-likeness (QED) is 0.635. The van der Waals surface area contributed by atoms with Crippen LogP contribution in [0, 0.1) is 6.92 Å². The Labute approximate surface area is 123 Å². The molecule has 0 fully saturated rings. The van der Waals surface area contributed by atoms with Crippen LogP contribution in [0.1, 0.15) is 19.4 Å². The van der Waals surface area contributed by atoms with Crippen LogP contribution < -0.4 is 0 Å². The minimum Gasteiger partial charge on any atom is -0.289 e. The lowest BCUT2D eigenvalue weighted by atomic mass is 9.98. The number of nitrogens with zero attached hydrogens (tertiary/aromatic N) is 1. The van der Waals surface area contributed by atoms with Crippen LogP contribution in [0.2, 0.25) is 0 Å². The molecular weight excluding hydrogens is 290 g/mol. The highest BCUT2D eigenvalue weighted by Crippen LogP contribution is 2.16. The molecule has 0 saturated carbocycles. The molecule has 0 aliphatic heterocycles. The fourth-order valence-corrected chi connectivity index (χ4v) is 2.56. The fraction of sp³-hybridized carbons (Fsp3) is 0.200. The lowest BCUT2D eigenvalue weighted by Crippen LogP contribution is -2.11. The summed E-state index contributed by atoms with van der Waals surface area (Å²) >= 11 is 0. The summed E-state index contributed by atoms with van der Waals surface area (Å²) in [5.74, 6) is -0.0876. The molecule has 21 heavy (non-hydrogen) atoms. The first-order valence-electron chi connectivity index (χ1n) is 6.29. The van der Waals surface area contributed by atoms with E-state index in [1.165, 1.54) is 24.3 Å². The van der Waals surface area contributed by atoms with Gasteiger partial charge in [0.1, 0.15) is 10.6 Å². The molecule has 0 saturated heterocycles. The van der Waals surface area contributed by atoms with E-state index >= 15 is 0 Å². The van der Waals surface area contributed by atoms with Crippen LogP contribution >= 0.6 is 0 Å². The van der Waals surface area contributed by atoms with Crippen molar-refractivity contribution in [3.05, 3.63) is 53.1 Å². The largest absolute Gasteiger partial charge is 0.358 e. The zero-order chi connectivity index (χ0) is 15.6. The van der Waals surface area contributed by atoms with Gasteiger partial charge in [-0.25, -0.2) is 0 Å². The summed E-state index contributed by atoms with van der Waals surface area (Å²) in [6, 6.07) is 6.27. The molecule has 1 aromatic rings. The molecule has 0 bridgehead atoms. The molecule has 0 heterocycles. The SMILES string of the molecule is CC1=CC(=NOS(=O)(=O)c2ccc(C)cc2)C=C(C)C1=O. The third-order valence-corrected chi connectivity index (χ3v) is 4.12. The number of Topliss-reactive ketones (excluding diaryl/α,β-unsaturated/α-hetero) is 1. The minimum absolute atomic E-state index is 0.0331. The van der Waals surface area contributed by atoms with Crippen molar-refractivity contribution in [1.29, 1.82) is 0 Å². The van der Waals surface area contributed by atoms with Gasteiger partial charge < -0.3 is 0 Å². The molecule has 110 valence electrons. The molecule has 0 spiro atoms. The van der Waals surface area contributed by atoms with Gasteiger partial charge in [-0.3, -0.25) is 9.08 Å². The van der Waals surface area contributed by atoms with E-state index in [0.29, 0.717) is 16.9 Å². The van der Waals surface area contributed by atoms with Crippen molar-refractivity contribution >= 4 is 21.6 Å². The zero-order valence-corrected chi connectivity index (χ0v) is 12.8. The molecular formula is C15H15NO4S. The Morgan fingerprint density at radius 3 is 2.00 bits per heavy atom. The lowest BCUT2D eigenvalue weighted by Gasteiger charge is -2.08. The summed E-state index contributed by atoms with van der Waals surface area (Å²) < 4.78 is 28.6. The molecule has 6 heteroatoms. The van der Waals surface area contributed by atoms with Crippen molar-refractivity contribution in [3.63, 3.8) is 0 Å². The second-order valence-electron chi connectivity index (χ2n) is 4.84. The summed E-state index contributed by atoms with van der Waals surface area (Å²) in [4.78, 5) is 11.6. The van der Waals surface area contributed by atoms with Gasteiger partial charge in [-0.2, -0.15) is 8.42 Å². The third-order valence-electron chi connectivity index (χ3n) is 3.00. The van der Waals surface area contributed by atoms with E-state index < -0.39 is 10.1 Å². The predicted molar refractivity (Wildman–Crippen MR) is 79.4 cm³/mol. The Hall–Kier alpha value is -2.21. The van der Waals surface area contributed by atoms with Crippen molar-refractivity contribution < 1.29 is 17.5 Å². The summed E-state index contributed by atoms with van der Waals surface area (Å²) in [6.07, 6.45) is 2.97. The van der Waals surface area contributed by atoms with Gasteiger partial charge in [-0.05, 0) is 56.2 Å². The van der Waals surface area contributed by atoms with Crippen LogP contribution in [0.25, 0.3) is 0 Å². The smallest absolute Gasteiger partial charge is 0.289 e. The van der Waals surface area contributed by atoms with Crippen molar-refractivity contribution in [2.75, 3.05) is 0 Å². The highest BCUT2D eigenvalue weighted by Gasteiger charge is 2.17. The average molecular weight is 305 g/mol. The lowest BCUT2D eigenvalue weighted by molar-refractivity contribution is -0.112. The van der Waals surface area contributed by atoms with Crippen molar-refractivity contribution in [3.8, 4) is 0 Å². The molecule has 0 aromatic heterocycles. The molecule has 1 aliphatic rings. The molecule has 0 amide bonds. The molecule has 5 nitrogen and oxygen atoms in total. The fourth-order valence-electron chi connectivity index (χ4n) is 1.82. The molecule has 0 atom stereocenters. The van der Waals surface area contributed by atoms with Gasteiger partial charge in [0.05, 0.1) is 0 Å². The highest BCUT2D eigenvalue weighted by atomic mass is 32.2. The van der Waals surface area contributed by atoms with E-state index in [2.05, 4.69) is 9.44 Å². The van der Waals surface area contributed by atoms with Crippen molar-refractivity contribution in [2.45, 2.75) is 25.7 Å². The molecule has 1 aliphatic carbocycles. The van der Waals surface area contributed by atoms with Gasteiger partial charge in [0.25, 0.3) is 0 Å². The molecule has 0 radical (unpaired) electrons. The van der Waals surface area contributed by atoms with E-state index in [4.69, 9.17) is 0 Å². The van der Waals surface area contributed by atoms with Gasteiger partial charge in [0, 0.05) is 0 Å². The van der Waals surface area contributed by atoms with E-state index in [1.807, 2.05) is 6.92 Å². The van der Waals surface area contributed by atoms with E-state index in [-0.39, 0.29) is 10.7 Å². The van der Waals surface area contributed by atoms with Crippen LogP contribution in [0.3, 0.4) is 0 Å². The molecule has 2 rings (SSSR count). The van der Waals surface area contributed by atoms with Crippen LogP contribution in [0.5, 0.6) is 0 Å². The Morgan fingerprint density at radius 2 is 1.48 bits per heavy atom. The van der Waals surface area contributed by atoms with Gasteiger partial charge in [-0.1, -0.05) is 22.9 Å². The molecule has 0 unspecified atom stereocenters. The number of allylic oxidation sites excluding steroid dienone is 4. The number of hydrogen-bond donors (Lipinski definition) is 0. The number of carbonyl (C=O) groups is 1. The summed E-state index contributed by atoms with van der Waals surface area (Å²) in [5.41, 5.74) is 2.22. The summed E-state index contributed by atoms with van der Waals surface area (Å²) in [7, 11) is -3.96. The van der Waals surface area contributed by atoms with Crippen LogP contribution in [-0.4, -0.2) is 19.9 Å². The zero-order valence-electron chi connectivity index (χ0n) is 12.0. The maximum Gasteiger partial charge on any atom is 0.358 e. The number of benzene rings is 1. The van der Waals surface area contributed by atoms with E-state index in [9.17, 15) is 13.2 Å². The average Bonchev–Trinajstić information content (AvgIpc) is 2.43. The summed E-state index contributed by atoms with van der Waals surface area (Å²) in [5, 5.41) is 3.61. The Bertz CT molecular complexity index is 744. The Morgan fingerprint density at radius 1 is 0.952 bits per heavy atom. The second-order valence-corrected chi connectivity index (χ2v) is 6.37. The van der Waals surface area contributed by atoms with E-state index in [1.54, 1.807) is 26.0 Å².